The van der Waals surface area contributed by atoms with Crippen molar-refractivity contribution in [3.05, 3.63) is 140 Å². The zero-order chi connectivity index (χ0) is 89.3. The lowest BCUT2D eigenvalue weighted by atomic mass is 9.98. The molecule has 5 saturated heterocycles. The van der Waals surface area contributed by atoms with Crippen molar-refractivity contribution in [3.8, 4) is 5.75 Å². The third-order valence-corrected chi connectivity index (χ3v) is 27.5. The van der Waals surface area contributed by atoms with E-state index in [1.165, 1.54) is 37.3 Å². The van der Waals surface area contributed by atoms with Gasteiger partial charge in [0.05, 0.1) is 36.7 Å². The Hall–Kier alpha value is -6.42. The second kappa shape index (κ2) is 41.6. The van der Waals surface area contributed by atoms with Crippen molar-refractivity contribution in [1.82, 2.24) is 49.1 Å². The highest BCUT2D eigenvalue weighted by atomic mass is 31.2. The van der Waals surface area contributed by atoms with Crippen molar-refractivity contribution in [2.24, 2.45) is 0 Å². The minimum atomic E-state index is -1.35. The summed E-state index contributed by atoms with van der Waals surface area (Å²) in [4.78, 5) is 126. The van der Waals surface area contributed by atoms with Crippen molar-refractivity contribution in [2.75, 3.05) is 111 Å². The van der Waals surface area contributed by atoms with E-state index in [9.17, 15) is 99.0 Å². The van der Waals surface area contributed by atoms with E-state index in [4.69, 9.17) is 28.4 Å². The number of H-pyrrole nitrogens is 3. The summed E-state index contributed by atoms with van der Waals surface area (Å²) in [6.45, 7) is 27.9. The number of nitrogens with one attached hydrogen (secondary N) is 5. The van der Waals surface area contributed by atoms with E-state index in [0.29, 0.717) is 66.8 Å². The molecule has 15 N–H and O–H groups in total. The Morgan fingerprint density at radius 2 is 0.814 bits per heavy atom. The van der Waals surface area contributed by atoms with Gasteiger partial charge in [0.25, 0.3) is 22.6 Å². The van der Waals surface area contributed by atoms with E-state index in [2.05, 4.69) is 124 Å². The Balaban J connectivity index is 0.000000229. The fourth-order valence-corrected chi connectivity index (χ4v) is 18.0. The number of Topliss-reactive ketones (excluding diaryl/α,β-unsaturated/α-hetero) is 2. The van der Waals surface area contributed by atoms with Crippen molar-refractivity contribution < 1.29 is 98.7 Å². The van der Waals surface area contributed by atoms with E-state index in [-0.39, 0.29) is 47.8 Å². The van der Waals surface area contributed by atoms with Gasteiger partial charge < -0.3 is 95.0 Å². The topological polar surface area (TPSA) is 521 Å². The van der Waals surface area contributed by atoms with E-state index in [1.807, 2.05) is 13.3 Å². The minimum absolute atomic E-state index is 0.102. The highest BCUT2D eigenvalue weighted by Crippen LogP contribution is 2.44. The summed E-state index contributed by atoms with van der Waals surface area (Å²) in [5.74, 6) is -0.678. The second-order valence-corrected chi connectivity index (χ2v) is 55.8. The fraction of sp³-hybridized carbons (Fsp3) is 0.623. The van der Waals surface area contributed by atoms with Crippen LogP contribution in [0.1, 0.15) is 89.6 Å². The van der Waals surface area contributed by atoms with Crippen LogP contribution in [0.4, 0.5) is 4.79 Å². The van der Waals surface area contributed by atoms with Gasteiger partial charge in [-0.25, -0.2) is 19.2 Å². The van der Waals surface area contributed by atoms with Crippen molar-refractivity contribution in [2.45, 2.75) is 195 Å². The highest BCUT2D eigenvalue weighted by Gasteiger charge is 2.50. The molecule has 0 radical (unpaired) electrons. The van der Waals surface area contributed by atoms with Crippen molar-refractivity contribution >= 4 is 89.4 Å². The Morgan fingerprint density at radius 3 is 1.19 bits per heavy atom. The fourth-order valence-electron chi connectivity index (χ4n) is 13.2. The Morgan fingerprint density at radius 1 is 0.475 bits per heavy atom. The largest absolute Gasteiger partial charge is 0.479 e. The lowest BCUT2D eigenvalue weighted by Crippen LogP contribution is -2.47. The third kappa shape index (κ3) is 27.8. The molecule has 20 atom stereocenters. The Labute approximate surface area is 686 Å². The smallest absolute Gasteiger partial charge is 0.330 e. The van der Waals surface area contributed by atoms with Gasteiger partial charge in [-0.05, 0) is 157 Å². The van der Waals surface area contributed by atoms with Crippen molar-refractivity contribution in [1.29, 1.82) is 0 Å². The van der Waals surface area contributed by atoms with Gasteiger partial charge in [-0.15, -0.1) is 65.9 Å². The molecule has 41 heteroatoms. The van der Waals surface area contributed by atoms with E-state index < -0.39 is 191 Å². The lowest BCUT2D eigenvalue weighted by molar-refractivity contribution is -0.120. The summed E-state index contributed by atoms with van der Waals surface area (Å²) in [5, 5.41) is 108. The molecule has 10 heterocycles. The highest BCUT2D eigenvalue weighted by molar-refractivity contribution is 7.73. The van der Waals surface area contributed by atoms with Crippen LogP contribution in [0.2, 0.25) is 0 Å². The zero-order valence-electron chi connectivity index (χ0n) is 70.1. The number of nitrogens with zero attached hydrogens (tertiary/aromatic N) is 5. The Kier molecular flexibility index (Phi) is 35.4. The molecule has 664 valence electrons. The van der Waals surface area contributed by atoms with Gasteiger partial charge in [-0.3, -0.25) is 62.3 Å². The van der Waals surface area contributed by atoms with Gasteiger partial charge in [-0.2, -0.15) is 0 Å². The van der Waals surface area contributed by atoms with E-state index in [1.54, 1.807) is 32.0 Å². The van der Waals surface area contributed by atoms with Crippen LogP contribution in [0.3, 0.4) is 0 Å². The number of likely N-dealkylation sites (N-methyl/N-ethyl adjacent to an activating group) is 1. The van der Waals surface area contributed by atoms with Crippen LogP contribution in [-0.4, -0.2) is 360 Å². The van der Waals surface area contributed by atoms with Gasteiger partial charge in [-0.1, -0.05) is 20.1 Å². The number of hydrogen-bond acceptors (Lipinski definition) is 27. The molecule has 3 aromatic rings. The molecule has 118 heavy (non-hydrogen) atoms. The van der Waals surface area contributed by atoms with Crippen LogP contribution >= 0.6 is 34.4 Å². The summed E-state index contributed by atoms with van der Waals surface area (Å²) >= 11 is 0. The first-order valence-corrected chi connectivity index (χ1v) is 53.6. The number of aliphatic hydroxyl groups is 10. The normalized spacial score (nSPS) is 29.2. The summed E-state index contributed by atoms with van der Waals surface area (Å²) in [6.07, 6.45) is 15.9. The molecule has 3 aromatic heterocycles. The molecule has 36 nitrogen and oxygen atoms in total. The second-order valence-electron chi connectivity index (χ2n) is 34.2. The first kappa shape index (κ1) is 100. The summed E-state index contributed by atoms with van der Waals surface area (Å²) in [5.41, 5.74) is -2.06. The monoisotopic (exact) mass is 1760 g/mol. The first-order chi connectivity index (χ1) is 54.3. The standard InChI is InChI=1S/C16H25N2O7P.C16H25N2O6P.C15H25N2O5P.2C15H25N2O4P/c1-9(19)8-24-11-7-18(16(23)17-14(11)22)15-13(21)12(20)10(25-15)5-6-26(2,3)4;1-9(19)7-10-8-18(16(23)17-14(10)22)15-13(21)12(20)11(24-15)5-6-25(2,3)4;1-5-9-8-17(15(21)16-13(9)20)14-12(19)11(18)10(22-14)6-7-23(2,3)4;1-9-10(8-16-15(20)17(9)2)14-13(19)12(18)11(21-14)6-7-22(3,4)5;1-9-8-17(10(2)16-14(9)20)15-13(19)12(18)11(21-15)6-7-22(3,4)5/h7,10,12-13,15,20-21H,2,5-6,8H2,1,3-4H3,(H,17,22,23);8,11-13,15,20-21H,2,5-7H2,1,3-4H3,(H,17,22,23);8,10-12,14,18-19H,2,5-7H2,1,3-4H3,(H,16,20,21);8,11-14,18-19H,1,3,6-7H2,2,4-5H3,(H,16,20);8,11-13,15,18-19H,2-3,6-7H2,1,4-5H3,(H,16,20)/t10-,12-,13-,15-;11-,12-,13-,15-;10-,11-,12-,14-;11-,12-,13-,14+;11-,12-,13-,15-/m11111/s1. The number of ether oxygens (including phenoxy) is 6. The summed E-state index contributed by atoms with van der Waals surface area (Å²) in [7, 11) is 1.59. The Bertz CT molecular complexity index is 4830. The third-order valence-electron chi connectivity index (χ3n) is 20.1. The van der Waals surface area contributed by atoms with Crippen LogP contribution in [0.5, 0.6) is 5.75 Å². The molecule has 0 bridgehead atoms. The molecule has 0 spiro atoms. The number of rotatable bonds is 26. The molecule has 7 aliphatic rings. The number of aliphatic hydroxyl groups excluding tert-OH is 10. The molecule has 10 rings (SSSR count). The number of hydrogen-bond donors (Lipinski definition) is 15. The van der Waals surface area contributed by atoms with Gasteiger partial charge >= 0.3 is 23.1 Å². The van der Waals surface area contributed by atoms with Crippen LogP contribution in [0, 0.1) is 0 Å². The summed E-state index contributed by atoms with van der Waals surface area (Å²) in [6, 6.07) is -0.290. The number of aromatic nitrogens is 6. The van der Waals surface area contributed by atoms with Crippen molar-refractivity contribution in [3.63, 3.8) is 0 Å². The molecule has 0 saturated carbocycles. The van der Waals surface area contributed by atoms with E-state index >= 15 is 0 Å². The summed E-state index contributed by atoms with van der Waals surface area (Å²) < 4.78 is 37.0. The number of amides is 3. The maximum atomic E-state index is 12.1. The van der Waals surface area contributed by atoms with Crippen LogP contribution in [0.15, 0.2) is 95.6 Å². The lowest BCUT2D eigenvalue weighted by Gasteiger charge is -2.34. The van der Waals surface area contributed by atoms with E-state index in [0.717, 1.165) is 50.7 Å². The van der Waals surface area contributed by atoms with Crippen LogP contribution in [0.25, 0.3) is 0 Å². The molecule has 7 aliphatic heterocycles. The molecule has 0 aromatic carbocycles. The number of ketones is 2. The van der Waals surface area contributed by atoms with Crippen LogP contribution < -0.4 is 49.1 Å². The van der Waals surface area contributed by atoms with Gasteiger partial charge in [0.1, 0.15) is 85.4 Å². The SMILES string of the molecule is C=C1C([C@@H]2O[C@H](CCP(=C)(C)C)[C@@H](O)[C@H]2O)=CNC(=O)N1C.C=C1NC(=O)C(C)=CN1[C@@H]1O[C@H](CCP(=C)(C)C)[C@@H](O)[C@H]1O.C=P(C)(C)CC[C@H]1O[C@@H](n2cc(CC(C)=O)c(=O)[nH]c2=O)[C@H](O)[C@@H]1O.C=P(C)(C)CC[C@H]1O[C@@H](n2cc(CC)c(=O)[nH]c2=O)[C@H](O)[C@@H]1O.C=P(C)(C)CC[C@H]1O[C@@H](n2cc(OCC(C)=O)c(=O)[nH]c2=O)[C@H](O)[C@@H]1O. The predicted octanol–water partition coefficient (Wildman–Crippen LogP) is -0.606. The van der Waals surface area contributed by atoms with Gasteiger partial charge in [0.15, 0.2) is 30.7 Å². The van der Waals surface area contributed by atoms with Gasteiger partial charge in [0.2, 0.25) is 5.75 Å². The number of aromatic amines is 3. The molecular weight excluding hydrogens is 1640 g/mol. The number of carbonyl (C=O) groups excluding carboxylic acids is 4. The van der Waals surface area contributed by atoms with Gasteiger partial charge in [0, 0.05) is 66.2 Å². The number of aryl methyl sites for hydroxylation is 1. The first-order valence-electron chi connectivity index (χ1n) is 38.4. The molecular formula is C77H125N10O26P5. The maximum Gasteiger partial charge on any atom is 0.330 e. The minimum Gasteiger partial charge on any atom is -0.479 e. The quantitative estimate of drug-likeness (QED) is 0.0446. The molecule has 0 unspecified atom stereocenters. The predicted molar refractivity (Wildman–Crippen MR) is 466 cm³/mol. The molecule has 0 aliphatic carbocycles. The molecule has 5 fully saturated rings. The maximum absolute atomic E-state index is 12.1. The average molecular weight is 1760 g/mol. The number of urea groups is 1. The van der Waals surface area contributed by atoms with Crippen LogP contribution in [-0.2, 0) is 50.9 Å². The number of carbonyl (C=O) groups is 4. The molecule has 3 amide bonds. The average Bonchev–Trinajstić information content (AvgIpc) is 1.64. The zero-order valence-corrected chi connectivity index (χ0v) is 74.5.